The van der Waals surface area contributed by atoms with Crippen LogP contribution in [0.25, 0.3) is 0 Å². The van der Waals surface area contributed by atoms with E-state index in [0.29, 0.717) is 24.4 Å². The molecule has 8 heteroatoms. The molecule has 166 valence electrons. The number of nitrogens with two attached hydrogens (primary N) is 1. The molecule has 0 aliphatic rings. The predicted octanol–water partition coefficient (Wildman–Crippen LogP) is 3.44. The Morgan fingerprint density at radius 3 is 2.47 bits per heavy atom. The van der Waals surface area contributed by atoms with Crippen molar-refractivity contribution in [2.45, 2.75) is 13.3 Å². The maximum absolute atomic E-state index is 13.1. The number of halogens is 1. The van der Waals surface area contributed by atoms with Crippen LogP contribution in [0.3, 0.4) is 0 Å². The minimum atomic E-state index is -0.636. The fraction of sp³-hybridized carbons (Fsp3) is 0.208. The first-order chi connectivity index (χ1) is 15.5. The van der Waals surface area contributed by atoms with Crippen LogP contribution < -0.4 is 21.1 Å². The Hall–Kier alpha value is -3.94. The third-order valence-corrected chi connectivity index (χ3v) is 4.79. The standard InChI is InChI=1S/C24H25FN4O3/c1-2-32-20-11-9-19(10-12-20)29-23-21(4-3-13-27-23)24(31)28-15-17(22(26)30)14-16-5-7-18(25)8-6-16/h3-13,17H,2,14-15H2,1H3,(H2,26,30)(H,27,29)(H,28,31). The van der Waals surface area contributed by atoms with Gasteiger partial charge in [-0.05, 0) is 67.4 Å². The Morgan fingerprint density at radius 1 is 1.09 bits per heavy atom. The van der Waals surface area contributed by atoms with E-state index in [1.807, 2.05) is 31.2 Å². The number of carbonyl (C=O) groups is 2. The van der Waals surface area contributed by atoms with Crippen LogP contribution >= 0.6 is 0 Å². The van der Waals surface area contributed by atoms with Gasteiger partial charge in [-0.3, -0.25) is 9.59 Å². The van der Waals surface area contributed by atoms with Crippen LogP contribution in [0.5, 0.6) is 5.75 Å². The van der Waals surface area contributed by atoms with Crippen molar-refractivity contribution < 1.29 is 18.7 Å². The number of aromatic nitrogens is 1. The molecule has 7 nitrogen and oxygen atoms in total. The number of ether oxygens (including phenoxy) is 1. The number of carbonyl (C=O) groups excluding carboxylic acids is 2. The lowest BCUT2D eigenvalue weighted by Crippen LogP contribution is -2.37. The molecule has 1 aromatic heterocycles. The van der Waals surface area contributed by atoms with Crippen molar-refractivity contribution in [3.63, 3.8) is 0 Å². The molecule has 0 saturated heterocycles. The van der Waals surface area contributed by atoms with Crippen molar-refractivity contribution >= 4 is 23.3 Å². The van der Waals surface area contributed by atoms with Crippen molar-refractivity contribution in [3.8, 4) is 5.75 Å². The van der Waals surface area contributed by atoms with Gasteiger partial charge in [0.15, 0.2) is 0 Å². The van der Waals surface area contributed by atoms with Crippen molar-refractivity contribution in [1.82, 2.24) is 10.3 Å². The molecule has 2 amide bonds. The minimum Gasteiger partial charge on any atom is -0.494 e. The molecular weight excluding hydrogens is 411 g/mol. The molecule has 3 rings (SSSR count). The molecule has 0 aliphatic heterocycles. The van der Waals surface area contributed by atoms with Crippen LogP contribution in [0.1, 0.15) is 22.8 Å². The van der Waals surface area contributed by atoms with E-state index in [-0.39, 0.29) is 12.4 Å². The quantitative estimate of drug-likeness (QED) is 0.451. The molecule has 0 aliphatic carbocycles. The topological polar surface area (TPSA) is 106 Å². The van der Waals surface area contributed by atoms with E-state index in [2.05, 4.69) is 15.6 Å². The molecule has 0 fully saturated rings. The second-order valence-corrected chi connectivity index (χ2v) is 7.12. The number of amides is 2. The third-order valence-electron chi connectivity index (χ3n) is 4.79. The van der Waals surface area contributed by atoms with E-state index in [4.69, 9.17) is 10.5 Å². The molecule has 0 radical (unpaired) electrons. The van der Waals surface area contributed by atoms with Crippen LogP contribution in [0, 0.1) is 11.7 Å². The number of rotatable bonds is 10. The zero-order valence-electron chi connectivity index (χ0n) is 17.7. The van der Waals surface area contributed by atoms with Gasteiger partial charge >= 0.3 is 0 Å². The molecule has 2 aromatic carbocycles. The predicted molar refractivity (Wildman–Crippen MR) is 120 cm³/mol. The summed E-state index contributed by atoms with van der Waals surface area (Å²) in [7, 11) is 0. The molecule has 0 bridgehead atoms. The van der Waals surface area contributed by atoms with Crippen LogP contribution in [-0.2, 0) is 11.2 Å². The lowest BCUT2D eigenvalue weighted by Gasteiger charge is -2.16. The summed E-state index contributed by atoms with van der Waals surface area (Å²) >= 11 is 0. The van der Waals surface area contributed by atoms with Gasteiger partial charge in [0.1, 0.15) is 17.4 Å². The average Bonchev–Trinajstić information content (AvgIpc) is 2.79. The summed E-state index contributed by atoms with van der Waals surface area (Å²) in [6, 6.07) is 16.4. The van der Waals surface area contributed by atoms with E-state index in [9.17, 15) is 14.0 Å². The van der Waals surface area contributed by atoms with E-state index >= 15 is 0 Å². The number of benzene rings is 2. The van der Waals surface area contributed by atoms with Gasteiger partial charge in [0.05, 0.1) is 18.1 Å². The molecule has 32 heavy (non-hydrogen) atoms. The van der Waals surface area contributed by atoms with Gasteiger partial charge in [-0.2, -0.15) is 0 Å². The summed E-state index contributed by atoms with van der Waals surface area (Å²) in [4.78, 5) is 28.9. The summed E-state index contributed by atoms with van der Waals surface area (Å²) in [6.45, 7) is 2.53. The molecule has 4 N–H and O–H groups in total. The first kappa shape index (κ1) is 22.7. The van der Waals surface area contributed by atoms with Gasteiger partial charge in [0, 0.05) is 18.4 Å². The molecule has 1 unspecified atom stereocenters. The monoisotopic (exact) mass is 436 g/mol. The number of pyridine rings is 1. The van der Waals surface area contributed by atoms with E-state index in [1.54, 1.807) is 30.5 Å². The summed E-state index contributed by atoms with van der Waals surface area (Å²) in [6.07, 6.45) is 1.87. The maximum Gasteiger partial charge on any atom is 0.255 e. The number of hydrogen-bond donors (Lipinski definition) is 3. The Balaban J connectivity index is 1.66. The van der Waals surface area contributed by atoms with Crippen molar-refractivity contribution in [1.29, 1.82) is 0 Å². The number of nitrogens with one attached hydrogen (secondary N) is 2. The van der Waals surface area contributed by atoms with Crippen molar-refractivity contribution in [2.24, 2.45) is 11.7 Å². The zero-order valence-corrected chi connectivity index (χ0v) is 17.7. The van der Waals surface area contributed by atoms with Crippen LogP contribution in [0.15, 0.2) is 66.9 Å². The zero-order chi connectivity index (χ0) is 22.9. The molecule has 3 aromatic rings. The first-order valence-corrected chi connectivity index (χ1v) is 10.2. The third kappa shape index (κ3) is 6.28. The number of anilines is 2. The summed E-state index contributed by atoms with van der Waals surface area (Å²) in [5.41, 5.74) is 7.33. The van der Waals surface area contributed by atoms with Gasteiger partial charge in [0.25, 0.3) is 5.91 Å². The fourth-order valence-corrected chi connectivity index (χ4v) is 3.12. The lowest BCUT2D eigenvalue weighted by molar-refractivity contribution is -0.121. The number of nitrogens with zero attached hydrogens (tertiary/aromatic N) is 1. The van der Waals surface area contributed by atoms with Crippen LogP contribution in [-0.4, -0.2) is 29.9 Å². The molecule has 0 spiro atoms. The summed E-state index contributed by atoms with van der Waals surface area (Å²) in [5.74, 6) is -0.810. The largest absolute Gasteiger partial charge is 0.494 e. The second-order valence-electron chi connectivity index (χ2n) is 7.12. The van der Waals surface area contributed by atoms with Gasteiger partial charge in [-0.1, -0.05) is 12.1 Å². The summed E-state index contributed by atoms with van der Waals surface area (Å²) < 4.78 is 18.5. The Labute approximate surface area is 185 Å². The van der Waals surface area contributed by atoms with Gasteiger partial charge in [-0.25, -0.2) is 9.37 Å². The van der Waals surface area contributed by atoms with Gasteiger partial charge in [-0.15, -0.1) is 0 Å². The van der Waals surface area contributed by atoms with E-state index < -0.39 is 17.7 Å². The highest BCUT2D eigenvalue weighted by molar-refractivity contribution is 5.99. The normalized spacial score (nSPS) is 11.4. The minimum absolute atomic E-state index is 0.0446. The number of primary amides is 1. The highest BCUT2D eigenvalue weighted by Crippen LogP contribution is 2.21. The Morgan fingerprint density at radius 2 is 1.81 bits per heavy atom. The average molecular weight is 436 g/mol. The van der Waals surface area contributed by atoms with Gasteiger partial charge in [0.2, 0.25) is 5.91 Å². The molecule has 1 heterocycles. The first-order valence-electron chi connectivity index (χ1n) is 10.2. The lowest BCUT2D eigenvalue weighted by atomic mass is 9.98. The van der Waals surface area contributed by atoms with E-state index in [1.165, 1.54) is 12.1 Å². The van der Waals surface area contributed by atoms with Crippen LogP contribution in [0.4, 0.5) is 15.9 Å². The number of hydrogen-bond acceptors (Lipinski definition) is 5. The second kappa shape index (κ2) is 10.9. The fourth-order valence-electron chi connectivity index (χ4n) is 3.12. The Kier molecular flexibility index (Phi) is 7.75. The van der Waals surface area contributed by atoms with E-state index in [0.717, 1.165) is 17.0 Å². The Bertz CT molecular complexity index is 1060. The molecular formula is C24H25FN4O3. The molecule has 1 atom stereocenters. The van der Waals surface area contributed by atoms with Gasteiger partial charge < -0.3 is 21.1 Å². The van der Waals surface area contributed by atoms with Crippen molar-refractivity contribution in [3.05, 3.63) is 83.8 Å². The SMILES string of the molecule is CCOc1ccc(Nc2ncccc2C(=O)NCC(Cc2ccc(F)cc2)C(N)=O)cc1. The molecule has 0 saturated carbocycles. The maximum atomic E-state index is 13.1. The highest BCUT2D eigenvalue weighted by atomic mass is 19.1. The highest BCUT2D eigenvalue weighted by Gasteiger charge is 2.19. The van der Waals surface area contributed by atoms with Crippen LogP contribution in [0.2, 0.25) is 0 Å². The summed E-state index contributed by atoms with van der Waals surface area (Å²) in [5, 5.41) is 5.87. The van der Waals surface area contributed by atoms with Crippen molar-refractivity contribution in [2.75, 3.05) is 18.5 Å². The smallest absolute Gasteiger partial charge is 0.255 e.